The third-order valence-electron chi connectivity index (χ3n) is 6.37. The van der Waals surface area contributed by atoms with Gasteiger partial charge in [0.25, 0.3) is 0 Å². The summed E-state index contributed by atoms with van der Waals surface area (Å²) in [5, 5.41) is 3.11. The molecule has 0 aliphatic carbocycles. The molecule has 0 amide bonds. The first kappa shape index (κ1) is 20.6. The highest BCUT2D eigenvalue weighted by molar-refractivity contribution is 5.46. The first-order valence-corrected chi connectivity index (χ1v) is 10.9. The molecule has 5 heterocycles. The van der Waals surface area contributed by atoms with E-state index < -0.39 is 0 Å². The van der Waals surface area contributed by atoms with Crippen molar-refractivity contribution in [2.75, 3.05) is 75.5 Å². The van der Waals surface area contributed by atoms with Crippen LogP contribution in [0.1, 0.15) is 23.7 Å². The molecule has 0 saturated carbocycles. The topological polar surface area (TPSA) is 121 Å². The van der Waals surface area contributed by atoms with Crippen molar-refractivity contribution in [3.8, 4) is 0 Å². The minimum Gasteiger partial charge on any atom is -0.357 e. The number of likely N-dealkylation sites (N-methyl/N-ethyl adjacent to an activating group) is 2. The summed E-state index contributed by atoms with van der Waals surface area (Å²) in [6, 6.07) is 0.313. The molecule has 2 fully saturated rings. The number of piperazine rings is 2. The zero-order valence-corrected chi connectivity index (χ0v) is 18.7. The van der Waals surface area contributed by atoms with E-state index in [4.69, 9.17) is 4.98 Å². The number of anilines is 3. The van der Waals surface area contributed by atoms with Crippen molar-refractivity contribution >= 4 is 17.8 Å². The van der Waals surface area contributed by atoms with Crippen LogP contribution in [0.5, 0.6) is 0 Å². The molecular weight excluding hydrogens is 408 g/mol. The number of aromatic amines is 2. The Balaban J connectivity index is 1.40. The highest BCUT2D eigenvalue weighted by Gasteiger charge is 2.32. The Morgan fingerprint density at radius 2 is 1.28 bits per heavy atom. The van der Waals surface area contributed by atoms with Crippen LogP contribution in [-0.4, -0.2) is 105 Å². The molecule has 2 aliphatic rings. The van der Waals surface area contributed by atoms with E-state index in [9.17, 15) is 0 Å². The second-order valence-electron chi connectivity index (χ2n) is 8.34. The van der Waals surface area contributed by atoms with Crippen LogP contribution in [-0.2, 0) is 0 Å². The molecule has 3 aromatic heterocycles. The van der Waals surface area contributed by atoms with Crippen LogP contribution in [0, 0.1) is 0 Å². The Hall–Kier alpha value is -3.25. The van der Waals surface area contributed by atoms with E-state index >= 15 is 0 Å². The van der Waals surface area contributed by atoms with Crippen molar-refractivity contribution in [2.24, 2.45) is 0 Å². The van der Waals surface area contributed by atoms with Crippen molar-refractivity contribution in [3.63, 3.8) is 0 Å². The van der Waals surface area contributed by atoms with Gasteiger partial charge >= 0.3 is 0 Å². The number of H-pyrrole nitrogens is 2. The maximum absolute atomic E-state index is 4.90. The standard InChI is InChI=1S/C20H30N12/c1-21-18-26-19(31-10-8-29(2)14(12-31)16-22-4-5-23-16)28-20(27-18)32-11-9-30(3)15(13-32)17-24-6-7-25-17/h4-7,14-15H,8-13H2,1-3H3,(H,22,23)(H,24,25)(H,21,26,27,28). The molecule has 3 aromatic rings. The largest absolute Gasteiger partial charge is 0.357 e. The Kier molecular flexibility index (Phi) is 5.62. The lowest BCUT2D eigenvalue weighted by atomic mass is 10.1. The van der Waals surface area contributed by atoms with Gasteiger partial charge in [-0.15, -0.1) is 0 Å². The number of aromatic nitrogens is 7. The number of imidazole rings is 2. The highest BCUT2D eigenvalue weighted by Crippen LogP contribution is 2.28. The molecule has 2 atom stereocenters. The Labute approximate surface area is 187 Å². The quantitative estimate of drug-likeness (QED) is 0.514. The Bertz CT molecular complexity index is 927. The minimum absolute atomic E-state index is 0.156. The molecule has 2 aliphatic heterocycles. The normalized spacial score (nSPS) is 23.0. The van der Waals surface area contributed by atoms with Crippen LogP contribution in [0.25, 0.3) is 0 Å². The van der Waals surface area contributed by atoms with Gasteiger partial charge in [0.05, 0.1) is 12.1 Å². The molecule has 0 spiro atoms. The lowest BCUT2D eigenvalue weighted by molar-refractivity contribution is 0.210. The van der Waals surface area contributed by atoms with Gasteiger partial charge in [-0.05, 0) is 14.1 Å². The van der Waals surface area contributed by atoms with Gasteiger partial charge in [0.15, 0.2) is 0 Å². The van der Waals surface area contributed by atoms with E-state index in [1.165, 1.54) is 0 Å². The van der Waals surface area contributed by atoms with Crippen LogP contribution in [0.2, 0.25) is 0 Å². The van der Waals surface area contributed by atoms with Gasteiger partial charge in [0.2, 0.25) is 17.8 Å². The molecule has 2 saturated heterocycles. The summed E-state index contributed by atoms with van der Waals surface area (Å²) in [6.45, 7) is 5.01. The fourth-order valence-electron chi connectivity index (χ4n) is 4.37. The van der Waals surface area contributed by atoms with Gasteiger partial charge in [-0.25, -0.2) is 9.97 Å². The first-order chi connectivity index (χ1) is 15.6. The fourth-order valence-corrected chi connectivity index (χ4v) is 4.37. The van der Waals surface area contributed by atoms with Gasteiger partial charge in [-0.1, -0.05) is 0 Å². The van der Waals surface area contributed by atoms with Gasteiger partial charge in [0.1, 0.15) is 11.6 Å². The summed E-state index contributed by atoms with van der Waals surface area (Å²) < 4.78 is 0. The maximum Gasteiger partial charge on any atom is 0.232 e. The first-order valence-electron chi connectivity index (χ1n) is 10.9. The molecule has 32 heavy (non-hydrogen) atoms. The number of nitrogens with zero attached hydrogens (tertiary/aromatic N) is 9. The SMILES string of the molecule is CNc1nc(N2CCN(C)C(c3ncc[nH]3)C2)nc(N2CCN(C)C(c3ncc[nH]3)C2)n1. The summed E-state index contributed by atoms with van der Waals surface area (Å²) >= 11 is 0. The molecule has 0 radical (unpaired) electrons. The fraction of sp³-hybridized carbons (Fsp3) is 0.550. The van der Waals surface area contributed by atoms with E-state index in [1.807, 2.05) is 19.4 Å². The van der Waals surface area contributed by atoms with Gasteiger partial charge in [-0.2, -0.15) is 15.0 Å². The van der Waals surface area contributed by atoms with Crippen LogP contribution >= 0.6 is 0 Å². The van der Waals surface area contributed by atoms with Crippen LogP contribution in [0.15, 0.2) is 24.8 Å². The van der Waals surface area contributed by atoms with E-state index in [0.717, 1.165) is 50.9 Å². The molecule has 0 bridgehead atoms. The molecule has 5 rings (SSSR count). The van der Waals surface area contributed by atoms with Gasteiger partial charge in [-0.3, -0.25) is 9.80 Å². The summed E-state index contributed by atoms with van der Waals surface area (Å²) in [6.07, 6.45) is 7.33. The minimum atomic E-state index is 0.156. The van der Waals surface area contributed by atoms with Crippen LogP contribution in [0.4, 0.5) is 17.8 Å². The molecule has 0 aromatic carbocycles. The van der Waals surface area contributed by atoms with Crippen molar-refractivity contribution in [3.05, 3.63) is 36.4 Å². The lowest BCUT2D eigenvalue weighted by Gasteiger charge is -2.40. The third kappa shape index (κ3) is 3.98. The second kappa shape index (κ2) is 8.71. The van der Waals surface area contributed by atoms with E-state index in [2.05, 4.69) is 68.9 Å². The predicted molar refractivity (Wildman–Crippen MR) is 122 cm³/mol. The highest BCUT2D eigenvalue weighted by atomic mass is 15.4. The average molecular weight is 439 g/mol. The van der Waals surface area contributed by atoms with E-state index in [0.29, 0.717) is 17.8 Å². The van der Waals surface area contributed by atoms with Crippen LogP contribution in [0.3, 0.4) is 0 Å². The summed E-state index contributed by atoms with van der Waals surface area (Å²) in [5.74, 6) is 3.88. The molecule has 12 nitrogen and oxygen atoms in total. The van der Waals surface area contributed by atoms with Crippen molar-refractivity contribution in [2.45, 2.75) is 12.1 Å². The number of nitrogens with one attached hydrogen (secondary N) is 3. The Morgan fingerprint density at radius 3 is 1.69 bits per heavy atom. The molecule has 170 valence electrons. The van der Waals surface area contributed by atoms with Crippen molar-refractivity contribution < 1.29 is 0 Å². The van der Waals surface area contributed by atoms with Crippen molar-refractivity contribution in [1.29, 1.82) is 0 Å². The molecule has 12 heteroatoms. The number of hydrogen-bond acceptors (Lipinski definition) is 10. The zero-order chi connectivity index (χ0) is 22.1. The second-order valence-corrected chi connectivity index (χ2v) is 8.34. The summed E-state index contributed by atoms with van der Waals surface area (Å²) in [4.78, 5) is 38.8. The number of rotatable bonds is 5. The maximum atomic E-state index is 4.90. The smallest absolute Gasteiger partial charge is 0.232 e. The molecule has 3 N–H and O–H groups in total. The molecule has 2 unspecified atom stereocenters. The molecular formula is C20H30N12. The van der Waals surface area contributed by atoms with E-state index in [1.54, 1.807) is 12.4 Å². The monoisotopic (exact) mass is 438 g/mol. The summed E-state index contributed by atoms with van der Waals surface area (Å²) in [5.41, 5.74) is 0. The zero-order valence-electron chi connectivity index (χ0n) is 18.7. The van der Waals surface area contributed by atoms with Gasteiger partial charge < -0.3 is 25.1 Å². The van der Waals surface area contributed by atoms with Crippen molar-refractivity contribution in [1.82, 2.24) is 44.7 Å². The predicted octanol–water partition coefficient (Wildman–Crippen LogP) is 0.346. The van der Waals surface area contributed by atoms with Gasteiger partial charge in [0, 0.05) is 71.1 Å². The van der Waals surface area contributed by atoms with Crippen LogP contribution < -0.4 is 15.1 Å². The Morgan fingerprint density at radius 1 is 0.781 bits per heavy atom. The van der Waals surface area contributed by atoms with E-state index in [-0.39, 0.29) is 12.1 Å². The number of hydrogen-bond donors (Lipinski definition) is 3. The average Bonchev–Trinajstić information content (AvgIpc) is 3.54. The third-order valence-corrected chi connectivity index (χ3v) is 6.37. The summed E-state index contributed by atoms with van der Waals surface area (Å²) in [7, 11) is 6.09. The lowest BCUT2D eigenvalue weighted by Crippen LogP contribution is -2.49.